The molecule has 0 spiro atoms. The monoisotopic (exact) mass is 522 g/mol. The maximum atomic E-state index is 12.1. The van der Waals surface area contributed by atoms with Crippen molar-refractivity contribution in [2.75, 3.05) is 14.2 Å². The van der Waals surface area contributed by atoms with Crippen molar-refractivity contribution in [3.63, 3.8) is 0 Å². The van der Waals surface area contributed by atoms with Gasteiger partial charge in [-0.1, -0.05) is 54.6 Å². The normalized spacial score (nSPS) is 17.0. The maximum absolute atomic E-state index is 12.1. The van der Waals surface area contributed by atoms with E-state index >= 15 is 0 Å². The van der Waals surface area contributed by atoms with Gasteiger partial charge in [-0.3, -0.25) is 9.36 Å². The molecule has 1 N–H and O–H groups in total. The van der Waals surface area contributed by atoms with Crippen molar-refractivity contribution in [2.45, 2.75) is 18.1 Å². The Balaban J connectivity index is 1.43. The first kappa shape index (κ1) is 24.6. The van der Waals surface area contributed by atoms with Gasteiger partial charge in [0.25, 0.3) is 5.56 Å². The highest BCUT2D eigenvalue weighted by molar-refractivity contribution is 5.69. The fourth-order valence-corrected chi connectivity index (χ4v) is 4.89. The van der Waals surface area contributed by atoms with Gasteiger partial charge >= 0.3 is 0 Å². The molecule has 196 valence electrons. The first-order chi connectivity index (χ1) is 19.1. The molecule has 0 bridgehead atoms. The number of rotatable bonds is 8. The molecule has 1 aliphatic rings. The van der Waals surface area contributed by atoms with E-state index in [1.807, 2.05) is 91.0 Å². The summed E-state index contributed by atoms with van der Waals surface area (Å²) >= 11 is 0. The summed E-state index contributed by atoms with van der Waals surface area (Å²) in [5, 5.41) is 0. The number of aromatic amines is 1. The summed E-state index contributed by atoms with van der Waals surface area (Å²) in [5.41, 5.74) is 2.01. The van der Waals surface area contributed by atoms with Crippen LogP contribution in [0.4, 0.5) is 0 Å². The van der Waals surface area contributed by atoms with Crippen molar-refractivity contribution >= 4 is 11.2 Å². The Morgan fingerprint density at radius 2 is 1.44 bits per heavy atom. The summed E-state index contributed by atoms with van der Waals surface area (Å²) in [6.45, 7) is 0. The average Bonchev–Trinajstić information content (AvgIpc) is 3.64. The van der Waals surface area contributed by atoms with Crippen LogP contribution in [-0.2, 0) is 15.1 Å². The van der Waals surface area contributed by atoms with Crippen LogP contribution in [0.1, 0.15) is 22.9 Å². The van der Waals surface area contributed by atoms with Gasteiger partial charge in [0.1, 0.15) is 17.1 Å². The van der Waals surface area contributed by atoms with Crippen molar-refractivity contribution in [1.82, 2.24) is 19.5 Å². The topological polar surface area (TPSA) is 100 Å². The second-order valence-corrected chi connectivity index (χ2v) is 8.96. The standard InChI is InChI=1S/C30H26N4O5/c1-36-23-12-8-21(9-13-23)30(20-6-4-3-5-7-20,22-10-14-24(37-2)15-11-22)39-26-17-16-25(38-26)34-19-33-27-28(34)31-18-32-29(27)35/h3-19,25-26H,1-2H3,(H,31,32,35)/t25-,26-/m1/s1. The summed E-state index contributed by atoms with van der Waals surface area (Å²) < 4.78 is 25.9. The second-order valence-electron chi connectivity index (χ2n) is 8.96. The molecular formula is C30H26N4O5. The Bertz CT molecular complexity index is 1610. The minimum Gasteiger partial charge on any atom is -0.497 e. The smallest absolute Gasteiger partial charge is 0.278 e. The third-order valence-electron chi connectivity index (χ3n) is 6.81. The lowest BCUT2D eigenvalue weighted by molar-refractivity contribution is -0.179. The highest BCUT2D eigenvalue weighted by Crippen LogP contribution is 2.44. The number of hydrogen-bond donors (Lipinski definition) is 1. The number of ether oxygens (including phenoxy) is 4. The molecule has 39 heavy (non-hydrogen) atoms. The molecule has 0 radical (unpaired) electrons. The van der Waals surface area contributed by atoms with E-state index in [0.29, 0.717) is 5.65 Å². The van der Waals surface area contributed by atoms with Crippen LogP contribution in [0.5, 0.6) is 11.5 Å². The van der Waals surface area contributed by atoms with Gasteiger partial charge in [-0.25, -0.2) is 9.97 Å². The Morgan fingerprint density at radius 1 is 0.821 bits per heavy atom. The molecule has 3 heterocycles. The maximum Gasteiger partial charge on any atom is 0.278 e. The molecule has 0 unspecified atom stereocenters. The van der Waals surface area contributed by atoms with E-state index in [1.54, 1.807) is 25.1 Å². The molecule has 1 aliphatic heterocycles. The van der Waals surface area contributed by atoms with Crippen molar-refractivity contribution in [1.29, 1.82) is 0 Å². The zero-order valence-electron chi connectivity index (χ0n) is 21.4. The third-order valence-corrected chi connectivity index (χ3v) is 6.81. The Kier molecular flexibility index (Phi) is 6.44. The first-order valence-electron chi connectivity index (χ1n) is 12.4. The van der Waals surface area contributed by atoms with Gasteiger partial charge in [0, 0.05) is 0 Å². The summed E-state index contributed by atoms with van der Waals surface area (Å²) in [7, 11) is 3.28. The predicted molar refractivity (Wildman–Crippen MR) is 145 cm³/mol. The minimum atomic E-state index is -1.05. The number of nitrogens with one attached hydrogen (secondary N) is 1. The summed E-state index contributed by atoms with van der Waals surface area (Å²) in [4.78, 5) is 23.2. The van der Waals surface area contributed by atoms with E-state index in [1.165, 1.54) is 6.33 Å². The third kappa shape index (κ3) is 4.37. The van der Waals surface area contributed by atoms with Crippen LogP contribution in [0, 0.1) is 0 Å². The molecule has 6 rings (SSSR count). The number of hydrogen-bond acceptors (Lipinski definition) is 7. The van der Waals surface area contributed by atoms with Crippen LogP contribution in [-0.4, -0.2) is 40.0 Å². The molecule has 0 fully saturated rings. The van der Waals surface area contributed by atoms with E-state index < -0.39 is 18.1 Å². The Hall–Kier alpha value is -4.73. The molecule has 9 heteroatoms. The highest BCUT2D eigenvalue weighted by atomic mass is 16.7. The summed E-state index contributed by atoms with van der Waals surface area (Å²) in [6, 6.07) is 25.6. The van der Waals surface area contributed by atoms with Crippen molar-refractivity contribution in [2.24, 2.45) is 0 Å². The SMILES string of the molecule is COc1ccc(C(O[C@@H]2C=C[C@H](n3cnc4c(=O)[nH]cnc43)O2)(c2ccccc2)c2ccc(OC)cc2)cc1. The molecule has 9 nitrogen and oxygen atoms in total. The lowest BCUT2D eigenvalue weighted by Crippen LogP contribution is -2.37. The zero-order valence-corrected chi connectivity index (χ0v) is 21.4. The molecule has 0 saturated heterocycles. The molecule has 3 aromatic carbocycles. The number of aromatic nitrogens is 4. The van der Waals surface area contributed by atoms with Crippen LogP contribution in [0.25, 0.3) is 11.2 Å². The van der Waals surface area contributed by atoms with Gasteiger partial charge in [-0.05, 0) is 53.1 Å². The summed E-state index contributed by atoms with van der Waals surface area (Å²) in [6.07, 6.45) is 5.32. The lowest BCUT2D eigenvalue weighted by Gasteiger charge is -2.37. The Labute approximate surface area is 224 Å². The van der Waals surface area contributed by atoms with Gasteiger partial charge < -0.3 is 23.9 Å². The number of benzene rings is 3. The lowest BCUT2D eigenvalue weighted by atomic mass is 9.80. The number of methoxy groups -OCH3 is 2. The van der Waals surface area contributed by atoms with Crippen LogP contribution in [0.2, 0.25) is 0 Å². The van der Waals surface area contributed by atoms with E-state index in [-0.39, 0.29) is 11.1 Å². The van der Waals surface area contributed by atoms with Gasteiger partial charge in [0.05, 0.1) is 26.9 Å². The number of H-pyrrole nitrogens is 1. The summed E-state index contributed by atoms with van der Waals surface area (Å²) in [5.74, 6) is 1.48. The quantitative estimate of drug-likeness (QED) is 0.236. The second kappa shape index (κ2) is 10.2. The minimum absolute atomic E-state index is 0.244. The van der Waals surface area contributed by atoms with Crippen LogP contribution >= 0.6 is 0 Å². The number of imidazole rings is 1. The van der Waals surface area contributed by atoms with E-state index in [0.717, 1.165) is 28.2 Å². The molecule has 2 aromatic heterocycles. The fraction of sp³-hybridized carbons (Fsp3) is 0.167. The molecule has 0 amide bonds. The Morgan fingerprint density at radius 3 is 2.05 bits per heavy atom. The van der Waals surface area contributed by atoms with Crippen LogP contribution < -0.4 is 15.0 Å². The largest absolute Gasteiger partial charge is 0.497 e. The molecule has 0 aliphatic carbocycles. The first-order valence-corrected chi connectivity index (χ1v) is 12.4. The van der Waals surface area contributed by atoms with E-state index in [2.05, 4.69) is 15.0 Å². The zero-order chi connectivity index (χ0) is 26.8. The van der Waals surface area contributed by atoms with Gasteiger partial charge in [0.15, 0.2) is 23.7 Å². The molecule has 0 saturated carbocycles. The number of nitrogens with zero attached hydrogens (tertiary/aromatic N) is 3. The highest BCUT2D eigenvalue weighted by Gasteiger charge is 2.41. The van der Waals surface area contributed by atoms with Gasteiger partial charge in [0.2, 0.25) is 0 Å². The van der Waals surface area contributed by atoms with E-state index in [9.17, 15) is 4.79 Å². The van der Waals surface area contributed by atoms with Gasteiger partial charge in [-0.2, -0.15) is 0 Å². The molecular weight excluding hydrogens is 496 g/mol. The number of fused-ring (bicyclic) bond motifs is 1. The van der Waals surface area contributed by atoms with E-state index in [4.69, 9.17) is 18.9 Å². The fourth-order valence-electron chi connectivity index (χ4n) is 4.89. The van der Waals surface area contributed by atoms with Gasteiger partial charge in [-0.15, -0.1) is 0 Å². The van der Waals surface area contributed by atoms with Crippen LogP contribution in [0.3, 0.4) is 0 Å². The molecule has 5 aromatic rings. The predicted octanol–water partition coefficient (Wildman–Crippen LogP) is 4.56. The molecule has 2 atom stereocenters. The van der Waals surface area contributed by atoms with Crippen molar-refractivity contribution in [3.8, 4) is 11.5 Å². The van der Waals surface area contributed by atoms with Crippen LogP contribution in [0.15, 0.2) is 108 Å². The average molecular weight is 523 g/mol. The van der Waals surface area contributed by atoms with Crippen molar-refractivity contribution in [3.05, 3.63) is 131 Å². The van der Waals surface area contributed by atoms with Crippen molar-refractivity contribution < 1.29 is 18.9 Å².